The number of thiophene rings is 1. The van der Waals surface area contributed by atoms with Crippen LogP contribution in [-0.4, -0.2) is 20.5 Å². The number of rotatable bonds is 2. The van der Waals surface area contributed by atoms with E-state index in [0.29, 0.717) is 9.84 Å². The molecular weight excluding hydrogens is 324 g/mol. The molecule has 3 aromatic heterocycles. The molecule has 3 aromatic rings. The van der Waals surface area contributed by atoms with Gasteiger partial charge in [-0.1, -0.05) is 11.3 Å². The standard InChI is InChI=1S/C10H5BrN2O2S2/c11-8-2-1-6(16-8)5-3-13-4-7(9(14)15)17-10(13)12-5/h1-4H,(H,14,15). The molecular formula is C10H5BrN2O2S2. The predicted molar refractivity (Wildman–Crippen MR) is 71.0 cm³/mol. The number of fused-ring (bicyclic) bond motifs is 1. The summed E-state index contributed by atoms with van der Waals surface area (Å²) in [4.78, 5) is 17.3. The number of thiazole rings is 1. The largest absolute Gasteiger partial charge is 0.477 e. The van der Waals surface area contributed by atoms with E-state index in [2.05, 4.69) is 20.9 Å². The van der Waals surface area contributed by atoms with Gasteiger partial charge < -0.3 is 5.11 Å². The van der Waals surface area contributed by atoms with Gasteiger partial charge in [0, 0.05) is 12.4 Å². The fourth-order valence-corrected chi connectivity index (χ4v) is 3.61. The van der Waals surface area contributed by atoms with Gasteiger partial charge in [-0.25, -0.2) is 9.78 Å². The Kier molecular flexibility index (Phi) is 2.53. The summed E-state index contributed by atoms with van der Waals surface area (Å²) >= 11 is 6.18. The minimum absolute atomic E-state index is 0.298. The van der Waals surface area contributed by atoms with E-state index in [1.807, 2.05) is 18.3 Å². The summed E-state index contributed by atoms with van der Waals surface area (Å²) in [5, 5.41) is 8.86. The molecule has 0 saturated carbocycles. The molecule has 3 heterocycles. The first-order valence-electron chi connectivity index (χ1n) is 4.61. The lowest BCUT2D eigenvalue weighted by Crippen LogP contribution is -1.90. The normalized spacial score (nSPS) is 11.1. The topological polar surface area (TPSA) is 54.6 Å². The molecule has 4 nitrogen and oxygen atoms in total. The van der Waals surface area contributed by atoms with Gasteiger partial charge in [0.1, 0.15) is 10.6 Å². The molecule has 17 heavy (non-hydrogen) atoms. The van der Waals surface area contributed by atoms with Crippen LogP contribution in [0.4, 0.5) is 0 Å². The van der Waals surface area contributed by atoms with Crippen LogP contribution in [0.15, 0.2) is 28.3 Å². The molecule has 0 aliphatic rings. The number of carboxylic acid groups (broad SMARTS) is 1. The number of aromatic nitrogens is 2. The fraction of sp³-hybridized carbons (Fsp3) is 0. The van der Waals surface area contributed by atoms with Crippen molar-refractivity contribution in [3.05, 3.63) is 33.2 Å². The van der Waals surface area contributed by atoms with Crippen molar-refractivity contribution in [1.82, 2.24) is 9.38 Å². The molecule has 0 fully saturated rings. The number of hydrogen-bond donors (Lipinski definition) is 1. The average Bonchev–Trinajstić information content (AvgIpc) is 2.88. The second-order valence-electron chi connectivity index (χ2n) is 3.32. The van der Waals surface area contributed by atoms with Crippen LogP contribution in [0.1, 0.15) is 9.67 Å². The molecule has 0 unspecified atom stereocenters. The molecule has 0 bridgehead atoms. The second-order valence-corrected chi connectivity index (χ2v) is 6.79. The maximum absolute atomic E-state index is 10.8. The maximum Gasteiger partial charge on any atom is 0.347 e. The van der Waals surface area contributed by atoms with Crippen molar-refractivity contribution in [3.63, 3.8) is 0 Å². The van der Waals surface area contributed by atoms with Gasteiger partial charge in [-0.2, -0.15) is 0 Å². The van der Waals surface area contributed by atoms with Crippen LogP contribution in [0.3, 0.4) is 0 Å². The van der Waals surface area contributed by atoms with Crippen LogP contribution in [0, 0.1) is 0 Å². The highest BCUT2D eigenvalue weighted by molar-refractivity contribution is 9.11. The van der Waals surface area contributed by atoms with Gasteiger partial charge >= 0.3 is 5.97 Å². The van der Waals surface area contributed by atoms with Gasteiger partial charge in [0.05, 0.1) is 8.66 Å². The van der Waals surface area contributed by atoms with Crippen molar-refractivity contribution in [2.45, 2.75) is 0 Å². The summed E-state index contributed by atoms with van der Waals surface area (Å²) in [5.41, 5.74) is 0.865. The third-order valence-electron chi connectivity index (χ3n) is 2.19. The summed E-state index contributed by atoms with van der Waals surface area (Å²) in [7, 11) is 0. The molecule has 0 radical (unpaired) electrons. The minimum Gasteiger partial charge on any atom is -0.477 e. The van der Waals surface area contributed by atoms with Crippen LogP contribution in [0.25, 0.3) is 15.5 Å². The molecule has 0 aliphatic carbocycles. The molecule has 1 N–H and O–H groups in total. The van der Waals surface area contributed by atoms with Gasteiger partial charge in [-0.15, -0.1) is 11.3 Å². The summed E-state index contributed by atoms with van der Waals surface area (Å²) < 4.78 is 2.80. The molecule has 0 aliphatic heterocycles. The fourth-order valence-electron chi connectivity index (χ4n) is 1.47. The van der Waals surface area contributed by atoms with E-state index in [1.54, 1.807) is 21.9 Å². The molecule has 0 atom stereocenters. The van der Waals surface area contributed by atoms with Gasteiger partial charge in [-0.3, -0.25) is 4.40 Å². The number of carboxylic acids is 1. The Morgan fingerprint density at radius 2 is 2.18 bits per heavy atom. The zero-order chi connectivity index (χ0) is 12.0. The van der Waals surface area contributed by atoms with E-state index in [4.69, 9.17) is 5.11 Å². The van der Waals surface area contributed by atoms with E-state index in [9.17, 15) is 4.79 Å². The first kappa shape index (κ1) is 10.9. The minimum atomic E-state index is -0.916. The van der Waals surface area contributed by atoms with Crippen molar-refractivity contribution in [1.29, 1.82) is 0 Å². The SMILES string of the molecule is O=C(O)c1cn2cc(-c3ccc(Br)s3)nc2s1. The summed E-state index contributed by atoms with van der Waals surface area (Å²) in [5.74, 6) is -0.916. The Morgan fingerprint density at radius 1 is 1.35 bits per heavy atom. The number of hydrogen-bond acceptors (Lipinski definition) is 4. The molecule has 7 heteroatoms. The third-order valence-corrected chi connectivity index (χ3v) is 4.82. The zero-order valence-electron chi connectivity index (χ0n) is 8.25. The Labute approximate surface area is 112 Å². The highest BCUT2D eigenvalue weighted by Crippen LogP contribution is 2.31. The van der Waals surface area contributed by atoms with Gasteiger partial charge in [-0.05, 0) is 28.1 Å². The maximum atomic E-state index is 10.8. The molecule has 0 spiro atoms. The summed E-state index contributed by atoms with van der Waals surface area (Å²) in [6.45, 7) is 0. The van der Waals surface area contributed by atoms with E-state index in [0.717, 1.165) is 14.4 Å². The lowest BCUT2D eigenvalue weighted by Gasteiger charge is -1.86. The monoisotopic (exact) mass is 328 g/mol. The number of halogens is 1. The average molecular weight is 329 g/mol. The zero-order valence-corrected chi connectivity index (χ0v) is 11.5. The van der Waals surface area contributed by atoms with E-state index in [-0.39, 0.29) is 0 Å². The lowest BCUT2D eigenvalue weighted by molar-refractivity contribution is 0.0702. The van der Waals surface area contributed by atoms with Gasteiger partial charge in [0.15, 0.2) is 4.96 Å². The van der Waals surface area contributed by atoms with E-state index in [1.165, 1.54) is 11.3 Å². The Balaban J connectivity index is 2.09. The highest BCUT2D eigenvalue weighted by atomic mass is 79.9. The van der Waals surface area contributed by atoms with Crippen LogP contribution in [-0.2, 0) is 0 Å². The highest BCUT2D eigenvalue weighted by Gasteiger charge is 2.12. The predicted octanol–water partition coefficient (Wildman–Crippen LogP) is 3.59. The number of nitrogens with zero attached hydrogens (tertiary/aromatic N) is 2. The van der Waals surface area contributed by atoms with Crippen LogP contribution < -0.4 is 0 Å². The molecule has 0 amide bonds. The molecule has 0 saturated heterocycles. The van der Waals surface area contributed by atoms with Crippen molar-refractivity contribution in [2.24, 2.45) is 0 Å². The van der Waals surface area contributed by atoms with Crippen molar-refractivity contribution in [2.75, 3.05) is 0 Å². The summed E-state index contributed by atoms with van der Waals surface area (Å²) in [6.07, 6.45) is 3.43. The quantitative estimate of drug-likeness (QED) is 0.782. The van der Waals surface area contributed by atoms with Crippen LogP contribution in [0.5, 0.6) is 0 Å². The van der Waals surface area contributed by atoms with Gasteiger partial charge in [0.25, 0.3) is 0 Å². The molecule has 86 valence electrons. The smallest absolute Gasteiger partial charge is 0.347 e. The second kappa shape index (κ2) is 3.94. The Bertz CT molecular complexity index is 681. The first-order chi connectivity index (χ1) is 8.13. The number of carbonyl (C=O) groups is 1. The van der Waals surface area contributed by atoms with Crippen LogP contribution in [0.2, 0.25) is 0 Å². The Morgan fingerprint density at radius 3 is 2.76 bits per heavy atom. The lowest BCUT2D eigenvalue weighted by atomic mass is 10.4. The van der Waals surface area contributed by atoms with Crippen molar-refractivity contribution in [3.8, 4) is 10.6 Å². The van der Waals surface area contributed by atoms with Crippen molar-refractivity contribution < 1.29 is 9.90 Å². The molecule has 3 rings (SSSR count). The number of imidazole rings is 1. The first-order valence-corrected chi connectivity index (χ1v) is 7.03. The van der Waals surface area contributed by atoms with E-state index >= 15 is 0 Å². The van der Waals surface area contributed by atoms with Gasteiger partial charge in [0.2, 0.25) is 0 Å². The number of aromatic carboxylic acids is 1. The van der Waals surface area contributed by atoms with Crippen molar-refractivity contribution >= 4 is 49.5 Å². The third kappa shape index (κ3) is 1.90. The Hall–Kier alpha value is -1.18. The van der Waals surface area contributed by atoms with Crippen LogP contribution >= 0.6 is 38.6 Å². The van der Waals surface area contributed by atoms with E-state index < -0.39 is 5.97 Å². The molecule has 0 aromatic carbocycles. The summed E-state index contributed by atoms with van der Waals surface area (Å²) in [6, 6.07) is 3.95.